The first-order valence-corrected chi connectivity index (χ1v) is 7.06. The highest BCUT2D eigenvalue weighted by Crippen LogP contribution is 2.32. The van der Waals surface area contributed by atoms with Gasteiger partial charge in [0, 0.05) is 24.4 Å². The van der Waals surface area contributed by atoms with Crippen LogP contribution < -0.4 is 5.32 Å². The van der Waals surface area contributed by atoms with E-state index in [4.69, 9.17) is 4.52 Å². The van der Waals surface area contributed by atoms with Crippen molar-refractivity contribution in [3.05, 3.63) is 23.8 Å². The molecule has 2 aromatic heterocycles. The standard InChI is InChI=1S/C14H19N5O/c1-9-7-16-12(17-8-9)13-18-14(20-19-13)10-3-5-11(15-2)6-4-10/h7-8,10-11,15H,3-6H2,1-2H3. The molecule has 6 heteroatoms. The van der Waals surface area contributed by atoms with Gasteiger partial charge in [-0.15, -0.1) is 0 Å². The quantitative estimate of drug-likeness (QED) is 0.922. The Bertz CT molecular complexity index is 557. The topological polar surface area (TPSA) is 76.7 Å². The lowest BCUT2D eigenvalue weighted by Gasteiger charge is -2.25. The second-order valence-electron chi connectivity index (χ2n) is 5.38. The summed E-state index contributed by atoms with van der Waals surface area (Å²) in [7, 11) is 2.02. The predicted molar refractivity (Wildman–Crippen MR) is 74.1 cm³/mol. The molecule has 1 saturated carbocycles. The number of aromatic nitrogens is 4. The summed E-state index contributed by atoms with van der Waals surface area (Å²) in [5.74, 6) is 2.09. The third-order valence-corrected chi connectivity index (χ3v) is 3.91. The van der Waals surface area contributed by atoms with Crippen LogP contribution in [0.3, 0.4) is 0 Å². The van der Waals surface area contributed by atoms with Crippen molar-refractivity contribution in [1.82, 2.24) is 25.4 Å². The summed E-state index contributed by atoms with van der Waals surface area (Å²) in [6.45, 7) is 1.95. The van der Waals surface area contributed by atoms with E-state index >= 15 is 0 Å². The molecule has 0 unspecified atom stereocenters. The molecule has 2 aromatic rings. The zero-order valence-corrected chi connectivity index (χ0v) is 11.8. The highest BCUT2D eigenvalue weighted by atomic mass is 16.5. The van der Waals surface area contributed by atoms with E-state index in [-0.39, 0.29) is 0 Å². The Kier molecular flexibility index (Phi) is 3.73. The molecule has 2 heterocycles. The minimum atomic E-state index is 0.367. The van der Waals surface area contributed by atoms with Gasteiger partial charge in [0.15, 0.2) is 0 Å². The van der Waals surface area contributed by atoms with Crippen LogP contribution in [0.25, 0.3) is 11.6 Å². The Morgan fingerprint density at radius 1 is 1.10 bits per heavy atom. The first kappa shape index (κ1) is 13.2. The van der Waals surface area contributed by atoms with Crippen molar-refractivity contribution < 1.29 is 4.52 Å². The molecular formula is C14H19N5O. The van der Waals surface area contributed by atoms with Crippen LogP contribution in [0.4, 0.5) is 0 Å². The van der Waals surface area contributed by atoms with Crippen molar-refractivity contribution in [1.29, 1.82) is 0 Å². The van der Waals surface area contributed by atoms with Crippen LogP contribution in [-0.2, 0) is 0 Å². The highest BCUT2D eigenvalue weighted by Gasteiger charge is 2.26. The van der Waals surface area contributed by atoms with E-state index in [1.165, 1.54) is 0 Å². The minimum absolute atomic E-state index is 0.367. The molecule has 1 fully saturated rings. The summed E-state index contributed by atoms with van der Waals surface area (Å²) in [5, 5.41) is 7.33. The molecule has 0 radical (unpaired) electrons. The van der Waals surface area contributed by atoms with Crippen molar-refractivity contribution in [2.45, 2.75) is 44.6 Å². The van der Waals surface area contributed by atoms with Gasteiger partial charge in [0.05, 0.1) is 0 Å². The first-order chi connectivity index (χ1) is 9.76. The largest absolute Gasteiger partial charge is 0.339 e. The molecule has 0 amide bonds. The van der Waals surface area contributed by atoms with Crippen LogP contribution in [0.5, 0.6) is 0 Å². The van der Waals surface area contributed by atoms with Crippen LogP contribution in [0.15, 0.2) is 16.9 Å². The van der Waals surface area contributed by atoms with Gasteiger partial charge in [-0.3, -0.25) is 0 Å². The monoisotopic (exact) mass is 273 g/mol. The van der Waals surface area contributed by atoms with E-state index in [1.807, 2.05) is 14.0 Å². The van der Waals surface area contributed by atoms with Gasteiger partial charge < -0.3 is 9.84 Å². The zero-order valence-electron chi connectivity index (χ0n) is 11.8. The molecular weight excluding hydrogens is 254 g/mol. The van der Waals surface area contributed by atoms with Crippen LogP contribution >= 0.6 is 0 Å². The van der Waals surface area contributed by atoms with Gasteiger partial charge >= 0.3 is 0 Å². The van der Waals surface area contributed by atoms with Gasteiger partial charge in [-0.2, -0.15) is 4.98 Å². The molecule has 0 atom stereocenters. The summed E-state index contributed by atoms with van der Waals surface area (Å²) < 4.78 is 5.40. The van der Waals surface area contributed by atoms with Crippen LogP contribution in [0, 0.1) is 6.92 Å². The predicted octanol–water partition coefficient (Wildman–Crippen LogP) is 2.08. The lowest BCUT2D eigenvalue weighted by molar-refractivity contribution is 0.288. The van der Waals surface area contributed by atoms with Gasteiger partial charge in [-0.05, 0) is 45.2 Å². The Morgan fingerprint density at radius 2 is 1.80 bits per heavy atom. The van der Waals surface area contributed by atoms with E-state index in [2.05, 4.69) is 25.4 Å². The summed E-state index contributed by atoms with van der Waals surface area (Å²) in [6, 6.07) is 0.620. The molecule has 106 valence electrons. The maximum absolute atomic E-state index is 5.40. The van der Waals surface area contributed by atoms with Gasteiger partial charge in [0.2, 0.25) is 17.5 Å². The number of hydrogen-bond acceptors (Lipinski definition) is 6. The molecule has 1 aliphatic rings. The molecule has 0 saturated heterocycles. The number of hydrogen-bond donors (Lipinski definition) is 1. The Balaban J connectivity index is 1.72. The highest BCUT2D eigenvalue weighted by molar-refractivity contribution is 5.41. The van der Waals surface area contributed by atoms with E-state index < -0.39 is 0 Å². The molecule has 3 rings (SSSR count). The summed E-state index contributed by atoms with van der Waals surface area (Å²) in [6.07, 6.45) is 8.00. The fourth-order valence-electron chi connectivity index (χ4n) is 2.63. The summed E-state index contributed by atoms with van der Waals surface area (Å²) in [5.41, 5.74) is 1.02. The number of nitrogens with zero attached hydrogens (tertiary/aromatic N) is 4. The van der Waals surface area contributed by atoms with Crippen molar-refractivity contribution in [3.63, 3.8) is 0 Å². The van der Waals surface area contributed by atoms with E-state index in [0.29, 0.717) is 23.6 Å². The molecule has 1 aliphatic carbocycles. The van der Waals surface area contributed by atoms with Crippen molar-refractivity contribution in [3.8, 4) is 11.6 Å². The van der Waals surface area contributed by atoms with Gasteiger partial charge in [-0.25, -0.2) is 9.97 Å². The van der Waals surface area contributed by atoms with Crippen molar-refractivity contribution in [2.75, 3.05) is 7.05 Å². The maximum atomic E-state index is 5.40. The van der Waals surface area contributed by atoms with Crippen molar-refractivity contribution >= 4 is 0 Å². The molecule has 20 heavy (non-hydrogen) atoms. The van der Waals surface area contributed by atoms with Crippen molar-refractivity contribution in [2.24, 2.45) is 0 Å². The number of rotatable bonds is 3. The SMILES string of the molecule is CNC1CCC(c2nc(-c3ncc(C)cn3)no2)CC1. The lowest BCUT2D eigenvalue weighted by atomic mass is 9.86. The average molecular weight is 273 g/mol. The average Bonchev–Trinajstić information content (AvgIpc) is 2.98. The first-order valence-electron chi connectivity index (χ1n) is 7.06. The Labute approximate surface area is 118 Å². The normalized spacial score (nSPS) is 22.9. The van der Waals surface area contributed by atoms with Gasteiger partial charge in [0.25, 0.3) is 0 Å². The Hall–Kier alpha value is -1.82. The third-order valence-electron chi connectivity index (χ3n) is 3.91. The van der Waals surface area contributed by atoms with Crippen LogP contribution in [0.1, 0.15) is 43.1 Å². The number of aryl methyl sites for hydroxylation is 1. The second kappa shape index (κ2) is 5.66. The van der Waals surface area contributed by atoms with E-state index in [0.717, 1.165) is 37.1 Å². The fraction of sp³-hybridized carbons (Fsp3) is 0.571. The molecule has 0 aromatic carbocycles. The second-order valence-corrected chi connectivity index (χ2v) is 5.38. The van der Waals surface area contributed by atoms with Gasteiger partial charge in [0.1, 0.15) is 0 Å². The molecule has 0 bridgehead atoms. The van der Waals surface area contributed by atoms with E-state index in [9.17, 15) is 0 Å². The minimum Gasteiger partial charge on any atom is -0.339 e. The van der Waals surface area contributed by atoms with Crippen LogP contribution in [0.2, 0.25) is 0 Å². The van der Waals surface area contributed by atoms with Gasteiger partial charge in [-0.1, -0.05) is 5.16 Å². The molecule has 1 N–H and O–H groups in total. The van der Waals surface area contributed by atoms with Crippen LogP contribution in [-0.4, -0.2) is 33.2 Å². The summed E-state index contributed by atoms with van der Waals surface area (Å²) in [4.78, 5) is 12.9. The lowest BCUT2D eigenvalue weighted by Crippen LogP contribution is -2.29. The van der Waals surface area contributed by atoms with E-state index in [1.54, 1.807) is 12.4 Å². The molecule has 0 spiro atoms. The molecule has 6 nitrogen and oxygen atoms in total. The smallest absolute Gasteiger partial charge is 0.240 e. The number of nitrogens with one attached hydrogen (secondary N) is 1. The maximum Gasteiger partial charge on any atom is 0.240 e. The summed E-state index contributed by atoms with van der Waals surface area (Å²) >= 11 is 0. The third kappa shape index (κ3) is 2.70. The Morgan fingerprint density at radius 3 is 2.45 bits per heavy atom. The molecule has 0 aliphatic heterocycles. The fourth-order valence-corrected chi connectivity index (χ4v) is 2.63. The zero-order chi connectivity index (χ0) is 13.9.